The molecule has 0 bridgehead atoms. The summed E-state index contributed by atoms with van der Waals surface area (Å²) in [5, 5.41) is 21.2. The van der Waals surface area contributed by atoms with Gasteiger partial charge in [-0.1, -0.05) is 29.5 Å². The number of nitrogens with one attached hydrogen (secondary N) is 1. The van der Waals surface area contributed by atoms with E-state index in [-0.39, 0.29) is 6.04 Å². The molecule has 0 aliphatic rings. The molecule has 0 fully saturated rings. The molecule has 0 radical (unpaired) electrons. The Balaban J connectivity index is 2.15. The Morgan fingerprint density at radius 3 is 2.87 bits per heavy atom. The van der Waals surface area contributed by atoms with Crippen molar-refractivity contribution >= 4 is 16.5 Å². The number of rotatable bonds is 3. The highest BCUT2D eigenvalue weighted by molar-refractivity contribution is 7.13. The number of benzene rings is 1. The number of para-hydroxylation sites is 1. The third-order valence-electron chi connectivity index (χ3n) is 2.10. The molecule has 5 heteroatoms. The summed E-state index contributed by atoms with van der Waals surface area (Å²) in [4.78, 5) is 0. The summed E-state index contributed by atoms with van der Waals surface area (Å²) in [6.45, 7) is 1.97. The third kappa shape index (κ3) is 2.24. The first kappa shape index (κ1) is 9.92. The van der Waals surface area contributed by atoms with E-state index in [1.807, 2.05) is 19.1 Å². The number of hydrogen-bond donors (Lipinski definition) is 2. The molecule has 0 aliphatic heterocycles. The molecule has 0 saturated carbocycles. The van der Waals surface area contributed by atoms with E-state index in [1.54, 1.807) is 17.6 Å². The summed E-state index contributed by atoms with van der Waals surface area (Å²) in [5.74, 6) is 0.294. The number of anilines is 1. The van der Waals surface area contributed by atoms with Gasteiger partial charge in [-0.2, -0.15) is 0 Å². The second-order valence-corrected chi connectivity index (χ2v) is 4.00. The van der Waals surface area contributed by atoms with Crippen LogP contribution in [0.25, 0.3) is 0 Å². The lowest BCUT2D eigenvalue weighted by atomic mass is 10.1. The number of phenolic OH excluding ortho intramolecular Hbond substituents is 1. The van der Waals surface area contributed by atoms with Crippen molar-refractivity contribution in [2.24, 2.45) is 0 Å². The fraction of sp³-hybridized carbons (Fsp3) is 0.200. The van der Waals surface area contributed by atoms with E-state index in [2.05, 4.69) is 15.5 Å². The quantitative estimate of drug-likeness (QED) is 0.835. The maximum atomic E-state index is 9.64. The summed E-state index contributed by atoms with van der Waals surface area (Å²) in [7, 11) is 0. The summed E-state index contributed by atoms with van der Waals surface area (Å²) in [6.07, 6.45) is 0. The Labute approximate surface area is 91.6 Å². The smallest absolute Gasteiger partial charge is 0.205 e. The number of aromatic hydroxyl groups is 1. The van der Waals surface area contributed by atoms with Crippen LogP contribution >= 0.6 is 11.3 Å². The summed E-state index contributed by atoms with van der Waals surface area (Å²) in [6, 6.07) is 7.27. The molecule has 4 nitrogen and oxygen atoms in total. The van der Waals surface area contributed by atoms with Crippen LogP contribution in [0.1, 0.15) is 18.5 Å². The first-order chi connectivity index (χ1) is 7.27. The summed E-state index contributed by atoms with van der Waals surface area (Å²) in [5.41, 5.74) is 2.52. The van der Waals surface area contributed by atoms with Crippen LogP contribution in [0.3, 0.4) is 0 Å². The standard InChI is InChI=1S/C10H11N3OS/c1-7(12-10-13-11-6-15-10)8-4-2-3-5-9(8)14/h2-7,14H,1H3,(H,12,13). The zero-order chi connectivity index (χ0) is 10.7. The molecule has 0 aliphatic carbocycles. The van der Waals surface area contributed by atoms with Crippen molar-refractivity contribution in [1.29, 1.82) is 0 Å². The minimum absolute atomic E-state index is 0.0131. The highest BCUT2D eigenvalue weighted by Gasteiger charge is 2.10. The van der Waals surface area contributed by atoms with Gasteiger partial charge in [-0.15, -0.1) is 10.2 Å². The van der Waals surface area contributed by atoms with Crippen molar-refractivity contribution in [1.82, 2.24) is 10.2 Å². The predicted octanol–water partition coefficient (Wildman–Crippen LogP) is 2.42. The maximum Gasteiger partial charge on any atom is 0.205 e. The highest BCUT2D eigenvalue weighted by Crippen LogP contribution is 2.26. The molecule has 1 aromatic carbocycles. The number of aromatic nitrogens is 2. The molecule has 0 spiro atoms. The lowest BCUT2D eigenvalue weighted by Gasteiger charge is -2.13. The van der Waals surface area contributed by atoms with Crippen LogP contribution in [0.5, 0.6) is 5.75 Å². The van der Waals surface area contributed by atoms with E-state index in [0.29, 0.717) is 5.75 Å². The van der Waals surface area contributed by atoms with Crippen LogP contribution in [-0.4, -0.2) is 15.3 Å². The van der Waals surface area contributed by atoms with Crippen LogP contribution in [0.2, 0.25) is 0 Å². The Morgan fingerprint density at radius 1 is 1.40 bits per heavy atom. The van der Waals surface area contributed by atoms with E-state index in [9.17, 15) is 5.11 Å². The van der Waals surface area contributed by atoms with Gasteiger partial charge in [0.25, 0.3) is 0 Å². The molecule has 0 amide bonds. The van der Waals surface area contributed by atoms with Crippen LogP contribution in [0.15, 0.2) is 29.8 Å². The van der Waals surface area contributed by atoms with Crippen molar-refractivity contribution in [2.75, 3.05) is 5.32 Å². The van der Waals surface area contributed by atoms with E-state index in [1.165, 1.54) is 11.3 Å². The first-order valence-electron chi connectivity index (χ1n) is 4.58. The number of hydrogen-bond acceptors (Lipinski definition) is 5. The Morgan fingerprint density at radius 2 is 2.20 bits per heavy atom. The molecule has 1 heterocycles. The molecule has 2 aromatic rings. The molecular weight excluding hydrogens is 210 g/mol. The molecule has 2 rings (SSSR count). The van der Waals surface area contributed by atoms with Gasteiger partial charge in [-0.25, -0.2) is 0 Å². The zero-order valence-electron chi connectivity index (χ0n) is 8.21. The lowest BCUT2D eigenvalue weighted by molar-refractivity contribution is 0.465. The van der Waals surface area contributed by atoms with E-state index >= 15 is 0 Å². The minimum Gasteiger partial charge on any atom is -0.508 e. The Hall–Kier alpha value is -1.62. The highest BCUT2D eigenvalue weighted by atomic mass is 32.1. The van der Waals surface area contributed by atoms with Crippen molar-refractivity contribution < 1.29 is 5.11 Å². The Kier molecular flexibility index (Phi) is 2.82. The third-order valence-corrected chi connectivity index (χ3v) is 2.73. The first-order valence-corrected chi connectivity index (χ1v) is 5.46. The van der Waals surface area contributed by atoms with E-state index < -0.39 is 0 Å². The molecule has 15 heavy (non-hydrogen) atoms. The van der Waals surface area contributed by atoms with Crippen molar-refractivity contribution in [3.05, 3.63) is 35.3 Å². The van der Waals surface area contributed by atoms with Crippen LogP contribution in [0.4, 0.5) is 5.13 Å². The molecular formula is C10H11N3OS. The van der Waals surface area contributed by atoms with Crippen molar-refractivity contribution in [2.45, 2.75) is 13.0 Å². The molecule has 78 valence electrons. The van der Waals surface area contributed by atoms with E-state index in [4.69, 9.17) is 0 Å². The van der Waals surface area contributed by atoms with Gasteiger partial charge in [0.15, 0.2) is 0 Å². The van der Waals surface area contributed by atoms with Gasteiger partial charge in [0.1, 0.15) is 11.3 Å². The van der Waals surface area contributed by atoms with Gasteiger partial charge in [0.2, 0.25) is 5.13 Å². The van der Waals surface area contributed by atoms with Gasteiger partial charge in [-0.3, -0.25) is 0 Å². The van der Waals surface area contributed by atoms with Crippen molar-refractivity contribution in [3.8, 4) is 5.75 Å². The number of nitrogens with zero attached hydrogens (tertiary/aromatic N) is 2. The van der Waals surface area contributed by atoms with Gasteiger partial charge in [-0.05, 0) is 13.0 Å². The summed E-state index contributed by atoms with van der Waals surface area (Å²) >= 11 is 1.44. The largest absolute Gasteiger partial charge is 0.508 e. The van der Waals surface area contributed by atoms with Crippen LogP contribution in [0, 0.1) is 0 Å². The lowest BCUT2D eigenvalue weighted by Crippen LogP contribution is -2.06. The second kappa shape index (κ2) is 4.27. The SMILES string of the molecule is CC(Nc1nncs1)c1ccccc1O. The maximum absolute atomic E-state index is 9.64. The fourth-order valence-corrected chi connectivity index (χ4v) is 1.89. The van der Waals surface area contributed by atoms with Gasteiger partial charge < -0.3 is 10.4 Å². The average molecular weight is 221 g/mol. The van der Waals surface area contributed by atoms with Crippen LogP contribution in [-0.2, 0) is 0 Å². The van der Waals surface area contributed by atoms with Gasteiger partial charge >= 0.3 is 0 Å². The molecule has 1 atom stereocenters. The molecule has 2 N–H and O–H groups in total. The average Bonchev–Trinajstić information content (AvgIpc) is 2.71. The zero-order valence-corrected chi connectivity index (χ0v) is 9.03. The van der Waals surface area contributed by atoms with Gasteiger partial charge in [0, 0.05) is 5.56 Å². The predicted molar refractivity (Wildman–Crippen MR) is 60.1 cm³/mol. The normalized spacial score (nSPS) is 12.3. The van der Waals surface area contributed by atoms with Crippen LogP contribution < -0.4 is 5.32 Å². The van der Waals surface area contributed by atoms with Gasteiger partial charge in [0.05, 0.1) is 6.04 Å². The molecule has 0 saturated heterocycles. The topological polar surface area (TPSA) is 58.0 Å². The fourth-order valence-electron chi connectivity index (χ4n) is 1.35. The van der Waals surface area contributed by atoms with Crippen molar-refractivity contribution in [3.63, 3.8) is 0 Å². The number of phenols is 1. The Bertz CT molecular complexity index is 430. The molecule has 1 aromatic heterocycles. The van der Waals surface area contributed by atoms with E-state index in [0.717, 1.165) is 10.7 Å². The molecule has 1 unspecified atom stereocenters. The second-order valence-electron chi connectivity index (χ2n) is 3.17. The minimum atomic E-state index is 0.0131. The monoisotopic (exact) mass is 221 g/mol. The summed E-state index contributed by atoms with van der Waals surface area (Å²) < 4.78 is 0.